The van der Waals surface area contributed by atoms with E-state index in [2.05, 4.69) is 20.3 Å². The molecule has 0 spiro atoms. The molecule has 0 atom stereocenters. The molecule has 0 aliphatic heterocycles. The fourth-order valence-electron chi connectivity index (χ4n) is 1.53. The van der Waals surface area contributed by atoms with Gasteiger partial charge in [0.2, 0.25) is 0 Å². The Hall–Kier alpha value is -2.18. The fourth-order valence-corrected chi connectivity index (χ4v) is 1.53. The van der Waals surface area contributed by atoms with Crippen molar-refractivity contribution in [2.24, 2.45) is 0 Å². The second-order valence-electron chi connectivity index (χ2n) is 3.75. The normalized spacial score (nSPS) is 11.4. The van der Waals surface area contributed by atoms with E-state index in [-0.39, 0.29) is 11.5 Å². The average Bonchev–Trinajstić information content (AvgIpc) is 2.39. The molecule has 4 nitrogen and oxygen atoms in total. The third-order valence-electron chi connectivity index (χ3n) is 2.34. The quantitative estimate of drug-likeness (QED) is 0.929. The molecule has 0 aliphatic carbocycles. The van der Waals surface area contributed by atoms with Gasteiger partial charge in [-0.3, -0.25) is 9.97 Å². The van der Waals surface area contributed by atoms with Gasteiger partial charge in [0.05, 0.1) is 17.5 Å². The van der Waals surface area contributed by atoms with Crippen molar-refractivity contribution in [2.75, 3.05) is 11.9 Å². The standard InChI is InChI=1S/C12H11F3N4/c1-2-17-11-6-8(12(13,14)15)5-9(19-11)10-7-16-3-4-18-10/h3-7H,2H2,1H3,(H,17,19). The van der Waals surface area contributed by atoms with E-state index < -0.39 is 11.7 Å². The topological polar surface area (TPSA) is 50.7 Å². The van der Waals surface area contributed by atoms with Gasteiger partial charge in [0.25, 0.3) is 0 Å². The minimum absolute atomic E-state index is 0.138. The van der Waals surface area contributed by atoms with Crippen LogP contribution in [0.3, 0.4) is 0 Å². The number of anilines is 1. The molecular formula is C12H11F3N4. The van der Waals surface area contributed by atoms with Gasteiger partial charge in [-0.2, -0.15) is 13.2 Å². The number of hydrogen-bond acceptors (Lipinski definition) is 4. The van der Waals surface area contributed by atoms with Gasteiger partial charge < -0.3 is 5.32 Å². The van der Waals surface area contributed by atoms with Crippen LogP contribution in [-0.2, 0) is 6.18 Å². The molecule has 19 heavy (non-hydrogen) atoms. The van der Waals surface area contributed by atoms with E-state index >= 15 is 0 Å². The zero-order valence-electron chi connectivity index (χ0n) is 10.1. The molecule has 0 aromatic carbocycles. The van der Waals surface area contributed by atoms with Gasteiger partial charge in [0, 0.05) is 18.9 Å². The highest BCUT2D eigenvalue weighted by Crippen LogP contribution is 2.32. The van der Waals surface area contributed by atoms with Gasteiger partial charge in [-0.25, -0.2) is 4.98 Å². The first kappa shape index (κ1) is 13.3. The maximum Gasteiger partial charge on any atom is 0.416 e. The number of rotatable bonds is 3. The van der Waals surface area contributed by atoms with Gasteiger partial charge in [-0.05, 0) is 19.1 Å². The van der Waals surface area contributed by atoms with Crippen LogP contribution in [0.15, 0.2) is 30.7 Å². The second-order valence-corrected chi connectivity index (χ2v) is 3.75. The SMILES string of the molecule is CCNc1cc(C(F)(F)F)cc(-c2cnccn2)n1. The average molecular weight is 268 g/mol. The number of alkyl halides is 3. The molecule has 0 saturated heterocycles. The van der Waals surface area contributed by atoms with Crippen LogP contribution >= 0.6 is 0 Å². The highest BCUT2D eigenvalue weighted by Gasteiger charge is 2.31. The van der Waals surface area contributed by atoms with Crippen LogP contribution in [0, 0.1) is 0 Å². The minimum Gasteiger partial charge on any atom is -0.370 e. The highest BCUT2D eigenvalue weighted by molar-refractivity contribution is 5.58. The summed E-state index contributed by atoms with van der Waals surface area (Å²) >= 11 is 0. The van der Waals surface area contributed by atoms with Gasteiger partial charge in [0.15, 0.2) is 0 Å². The van der Waals surface area contributed by atoms with Crippen LogP contribution in [0.2, 0.25) is 0 Å². The van der Waals surface area contributed by atoms with Crippen molar-refractivity contribution in [3.8, 4) is 11.4 Å². The summed E-state index contributed by atoms with van der Waals surface area (Å²) in [5.74, 6) is 0.165. The Bertz CT molecular complexity index is 555. The monoisotopic (exact) mass is 268 g/mol. The first-order valence-electron chi connectivity index (χ1n) is 5.60. The number of pyridine rings is 1. The third kappa shape index (κ3) is 3.18. The molecule has 7 heteroatoms. The number of aromatic nitrogens is 3. The zero-order valence-corrected chi connectivity index (χ0v) is 10.1. The Kier molecular flexibility index (Phi) is 3.64. The van der Waals surface area contributed by atoms with E-state index in [1.165, 1.54) is 18.6 Å². The summed E-state index contributed by atoms with van der Waals surface area (Å²) in [7, 11) is 0. The Labute approximate surface area is 107 Å². The summed E-state index contributed by atoms with van der Waals surface area (Å²) in [6.45, 7) is 2.26. The second kappa shape index (κ2) is 5.21. The van der Waals surface area contributed by atoms with Gasteiger partial charge >= 0.3 is 6.18 Å². The van der Waals surface area contributed by atoms with Crippen LogP contribution in [0.1, 0.15) is 12.5 Å². The smallest absolute Gasteiger partial charge is 0.370 e. The van der Waals surface area contributed by atoms with E-state index in [4.69, 9.17) is 0 Å². The number of nitrogens with one attached hydrogen (secondary N) is 1. The van der Waals surface area contributed by atoms with Crippen molar-refractivity contribution >= 4 is 5.82 Å². The van der Waals surface area contributed by atoms with Crippen molar-refractivity contribution in [2.45, 2.75) is 13.1 Å². The Morgan fingerprint density at radius 3 is 2.53 bits per heavy atom. The number of nitrogens with zero attached hydrogens (tertiary/aromatic N) is 3. The summed E-state index contributed by atoms with van der Waals surface area (Å²) < 4.78 is 38.4. The van der Waals surface area contributed by atoms with Gasteiger partial charge in [0.1, 0.15) is 11.5 Å². The van der Waals surface area contributed by atoms with Crippen molar-refractivity contribution in [1.29, 1.82) is 0 Å². The van der Waals surface area contributed by atoms with Crippen LogP contribution in [0.5, 0.6) is 0 Å². The molecule has 0 bridgehead atoms. The summed E-state index contributed by atoms with van der Waals surface area (Å²) in [4.78, 5) is 11.9. The first-order valence-corrected chi connectivity index (χ1v) is 5.60. The zero-order chi connectivity index (χ0) is 13.9. The fraction of sp³-hybridized carbons (Fsp3) is 0.250. The predicted octanol–water partition coefficient (Wildman–Crippen LogP) is 2.99. The molecule has 0 saturated carbocycles. The molecule has 0 amide bonds. The molecule has 0 radical (unpaired) electrons. The highest BCUT2D eigenvalue weighted by atomic mass is 19.4. The third-order valence-corrected chi connectivity index (χ3v) is 2.34. The van der Waals surface area contributed by atoms with Crippen molar-refractivity contribution < 1.29 is 13.2 Å². The summed E-state index contributed by atoms with van der Waals surface area (Å²) in [5.41, 5.74) is -0.328. The number of halogens is 3. The first-order chi connectivity index (χ1) is 9.00. The van der Waals surface area contributed by atoms with Gasteiger partial charge in [-0.15, -0.1) is 0 Å². The van der Waals surface area contributed by atoms with Crippen molar-refractivity contribution in [3.05, 3.63) is 36.3 Å². The molecule has 2 aromatic heterocycles. The van der Waals surface area contributed by atoms with E-state index in [1.807, 2.05) is 0 Å². The maximum absolute atomic E-state index is 12.8. The van der Waals surface area contributed by atoms with Crippen LogP contribution in [0.4, 0.5) is 19.0 Å². The van der Waals surface area contributed by atoms with Gasteiger partial charge in [-0.1, -0.05) is 0 Å². The van der Waals surface area contributed by atoms with E-state index in [0.717, 1.165) is 12.1 Å². The lowest BCUT2D eigenvalue weighted by molar-refractivity contribution is -0.137. The largest absolute Gasteiger partial charge is 0.416 e. The predicted molar refractivity (Wildman–Crippen MR) is 64.4 cm³/mol. The molecule has 0 aliphatic rings. The lowest BCUT2D eigenvalue weighted by atomic mass is 10.2. The van der Waals surface area contributed by atoms with E-state index in [9.17, 15) is 13.2 Å². The Balaban J connectivity index is 2.52. The van der Waals surface area contributed by atoms with Crippen LogP contribution < -0.4 is 5.32 Å². The molecule has 2 heterocycles. The molecule has 1 N–H and O–H groups in total. The lowest BCUT2D eigenvalue weighted by Gasteiger charge is -2.11. The molecule has 0 fully saturated rings. The number of hydrogen-bond donors (Lipinski definition) is 1. The summed E-state index contributed by atoms with van der Waals surface area (Å²) in [6.07, 6.45) is -0.200. The van der Waals surface area contributed by atoms with Crippen LogP contribution in [0.25, 0.3) is 11.4 Å². The van der Waals surface area contributed by atoms with Crippen molar-refractivity contribution in [1.82, 2.24) is 15.0 Å². The van der Waals surface area contributed by atoms with Crippen LogP contribution in [-0.4, -0.2) is 21.5 Å². The van der Waals surface area contributed by atoms with E-state index in [1.54, 1.807) is 6.92 Å². The molecule has 2 aromatic rings. The minimum atomic E-state index is -4.43. The summed E-state index contributed by atoms with van der Waals surface area (Å²) in [6, 6.07) is 1.94. The Morgan fingerprint density at radius 2 is 1.95 bits per heavy atom. The van der Waals surface area contributed by atoms with Crippen molar-refractivity contribution in [3.63, 3.8) is 0 Å². The lowest BCUT2D eigenvalue weighted by Crippen LogP contribution is -2.09. The molecule has 2 rings (SSSR count). The Morgan fingerprint density at radius 1 is 1.16 bits per heavy atom. The molecular weight excluding hydrogens is 257 g/mol. The summed E-state index contributed by atoms with van der Waals surface area (Å²) in [5, 5.41) is 2.77. The maximum atomic E-state index is 12.8. The molecule has 100 valence electrons. The van der Waals surface area contributed by atoms with E-state index in [0.29, 0.717) is 12.2 Å². The molecule has 0 unspecified atom stereocenters.